The summed E-state index contributed by atoms with van der Waals surface area (Å²) in [5, 5.41) is 6.35. The summed E-state index contributed by atoms with van der Waals surface area (Å²) in [6.45, 7) is 4.07. The van der Waals surface area contributed by atoms with E-state index in [0.717, 1.165) is 5.69 Å². The first-order valence-corrected chi connectivity index (χ1v) is 5.67. The summed E-state index contributed by atoms with van der Waals surface area (Å²) in [6.07, 6.45) is 0. The number of nitrogens with one attached hydrogen (secondary N) is 1. The second-order valence-electron chi connectivity index (χ2n) is 4.11. The Morgan fingerprint density at radius 3 is 2.71 bits per heavy atom. The summed E-state index contributed by atoms with van der Waals surface area (Å²) in [5.41, 5.74) is 1.23. The minimum atomic E-state index is -0.138. The van der Waals surface area contributed by atoms with Crippen molar-refractivity contribution in [2.45, 2.75) is 19.8 Å². The molecular formula is C11H13N3O2S. The number of H-pyrrole nitrogens is 1. The topological polar surface area (TPSA) is 63.8 Å². The number of pyridine rings is 1. The Morgan fingerprint density at radius 2 is 2.18 bits per heavy atom. The van der Waals surface area contributed by atoms with Crippen LogP contribution in [0.3, 0.4) is 0 Å². The first-order chi connectivity index (χ1) is 8.00. The van der Waals surface area contributed by atoms with Gasteiger partial charge in [0.1, 0.15) is 5.56 Å². The van der Waals surface area contributed by atoms with E-state index in [9.17, 15) is 4.79 Å². The molecular weight excluding hydrogens is 238 g/mol. The molecule has 2 rings (SSSR count). The minimum absolute atomic E-state index is 0.138. The molecule has 0 radical (unpaired) electrons. The van der Waals surface area contributed by atoms with E-state index in [0.29, 0.717) is 5.56 Å². The normalized spacial score (nSPS) is 11.1. The second kappa shape index (κ2) is 4.29. The van der Waals surface area contributed by atoms with E-state index in [-0.39, 0.29) is 22.2 Å². The third-order valence-corrected chi connectivity index (χ3v) is 2.78. The van der Waals surface area contributed by atoms with Crippen molar-refractivity contribution in [3.8, 4) is 11.5 Å². The number of hydrogen-bond acceptors (Lipinski definition) is 4. The smallest absolute Gasteiger partial charge is 0.284 e. The molecule has 6 heteroatoms. The van der Waals surface area contributed by atoms with E-state index in [2.05, 4.69) is 10.2 Å². The maximum absolute atomic E-state index is 12.1. The average molecular weight is 251 g/mol. The van der Waals surface area contributed by atoms with Crippen LogP contribution < -0.4 is 5.56 Å². The Bertz CT molecular complexity index is 651. The van der Waals surface area contributed by atoms with Crippen LogP contribution in [0.1, 0.15) is 25.5 Å². The van der Waals surface area contributed by atoms with Gasteiger partial charge in [-0.2, -0.15) is 0 Å². The van der Waals surface area contributed by atoms with Crippen LogP contribution in [0.25, 0.3) is 11.5 Å². The molecule has 17 heavy (non-hydrogen) atoms. The maximum atomic E-state index is 12.1. The standard InChI is InChI=1S/C11H13N3O2S/c1-6(2)8-5-4-7(10(15)14(8)3)9-12-13-11(17)16-9/h4-6H,1-3H3,(H,13,17). The molecule has 0 fully saturated rings. The summed E-state index contributed by atoms with van der Waals surface area (Å²) in [7, 11) is 1.74. The van der Waals surface area contributed by atoms with Crippen LogP contribution >= 0.6 is 12.2 Å². The molecule has 0 aliphatic heterocycles. The van der Waals surface area contributed by atoms with E-state index in [1.165, 1.54) is 0 Å². The van der Waals surface area contributed by atoms with Gasteiger partial charge in [-0.3, -0.25) is 4.79 Å². The molecule has 1 N–H and O–H groups in total. The van der Waals surface area contributed by atoms with Gasteiger partial charge in [0, 0.05) is 12.7 Å². The lowest BCUT2D eigenvalue weighted by Crippen LogP contribution is -2.22. The van der Waals surface area contributed by atoms with Crippen molar-refractivity contribution in [1.82, 2.24) is 14.8 Å². The lowest BCUT2D eigenvalue weighted by Gasteiger charge is -2.11. The lowest BCUT2D eigenvalue weighted by atomic mass is 10.1. The summed E-state index contributed by atoms with van der Waals surface area (Å²) in [6, 6.07) is 3.61. The van der Waals surface area contributed by atoms with Crippen LogP contribution in [0.5, 0.6) is 0 Å². The van der Waals surface area contributed by atoms with Crippen LogP contribution in [-0.2, 0) is 7.05 Å². The first kappa shape index (κ1) is 11.8. The van der Waals surface area contributed by atoms with Gasteiger partial charge in [0.25, 0.3) is 16.3 Å². The quantitative estimate of drug-likeness (QED) is 0.831. The van der Waals surface area contributed by atoms with Crippen molar-refractivity contribution in [2.24, 2.45) is 7.05 Å². The van der Waals surface area contributed by atoms with Crippen LogP contribution in [0, 0.1) is 4.84 Å². The van der Waals surface area contributed by atoms with Gasteiger partial charge in [-0.25, -0.2) is 5.10 Å². The van der Waals surface area contributed by atoms with Gasteiger partial charge >= 0.3 is 0 Å². The minimum Gasteiger partial charge on any atom is -0.409 e. The van der Waals surface area contributed by atoms with Crippen LogP contribution in [0.4, 0.5) is 0 Å². The fourth-order valence-corrected chi connectivity index (χ4v) is 1.86. The zero-order chi connectivity index (χ0) is 12.6. The fraction of sp³-hybridized carbons (Fsp3) is 0.364. The molecule has 0 spiro atoms. The Hall–Kier alpha value is -1.69. The molecule has 0 aliphatic rings. The maximum Gasteiger partial charge on any atom is 0.284 e. The number of hydrogen-bond donors (Lipinski definition) is 1. The highest BCUT2D eigenvalue weighted by Crippen LogP contribution is 2.16. The van der Waals surface area contributed by atoms with Crippen molar-refractivity contribution in [3.63, 3.8) is 0 Å². The van der Waals surface area contributed by atoms with Gasteiger partial charge in [0.2, 0.25) is 0 Å². The zero-order valence-corrected chi connectivity index (χ0v) is 10.7. The predicted octanol–water partition coefficient (Wildman–Crippen LogP) is 2.22. The Morgan fingerprint density at radius 1 is 1.47 bits per heavy atom. The van der Waals surface area contributed by atoms with Crippen molar-refractivity contribution >= 4 is 12.2 Å². The summed E-state index contributed by atoms with van der Waals surface area (Å²) in [5.74, 6) is 0.512. The van der Waals surface area contributed by atoms with Gasteiger partial charge < -0.3 is 8.98 Å². The zero-order valence-electron chi connectivity index (χ0n) is 9.85. The van der Waals surface area contributed by atoms with E-state index in [4.69, 9.17) is 16.6 Å². The van der Waals surface area contributed by atoms with Crippen molar-refractivity contribution in [1.29, 1.82) is 0 Å². The number of rotatable bonds is 2. The highest BCUT2D eigenvalue weighted by Gasteiger charge is 2.13. The molecule has 0 aromatic carbocycles. The van der Waals surface area contributed by atoms with Crippen molar-refractivity contribution in [3.05, 3.63) is 33.0 Å². The molecule has 0 saturated heterocycles. The summed E-state index contributed by atoms with van der Waals surface area (Å²) >= 11 is 4.78. The first-order valence-electron chi connectivity index (χ1n) is 5.26. The molecule has 2 aromatic heterocycles. The monoisotopic (exact) mass is 251 g/mol. The average Bonchev–Trinajstić information content (AvgIpc) is 2.68. The van der Waals surface area contributed by atoms with Gasteiger partial charge in [0.15, 0.2) is 0 Å². The fourth-order valence-electron chi connectivity index (χ4n) is 1.74. The van der Waals surface area contributed by atoms with Crippen LogP contribution in [-0.4, -0.2) is 14.8 Å². The second-order valence-corrected chi connectivity index (χ2v) is 4.48. The molecule has 90 valence electrons. The molecule has 2 aromatic rings. The number of aromatic nitrogens is 3. The Balaban J connectivity index is 2.63. The molecule has 0 atom stereocenters. The third kappa shape index (κ3) is 2.08. The molecule has 0 saturated carbocycles. The predicted molar refractivity (Wildman–Crippen MR) is 66.5 cm³/mol. The highest BCUT2D eigenvalue weighted by atomic mass is 32.1. The van der Waals surface area contributed by atoms with Crippen molar-refractivity contribution in [2.75, 3.05) is 0 Å². The highest BCUT2D eigenvalue weighted by molar-refractivity contribution is 7.71. The van der Waals surface area contributed by atoms with Crippen LogP contribution in [0.2, 0.25) is 0 Å². The molecule has 0 unspecified atom stereocenters. The SMILES string of the molecule is CC(C)c1ccc(-c2n[nH]c(=S)o2)c(=O)n1C. The van der Waals surface area contributed by atoms with Gasteiger partial charge in [-0.05, 0) is 30.3 Å². The summed E-state index contributed by atoms with van der Waals surface area (Å²) < 4.78 is 6.74. The van der Waals surface area contributed by atoms with Gasteiger partial charge in [-0.1, -0.05) is 13.8 Å². The Kier molecular flexibility index (Phi) is 2.97. The third-order valence-electron chi connectivity index (χ3n) is 2.60. The molecule has 2 heterocycles. The molecule has 0 amide bonds. The van der Waals surface area contributed by atoms with E-state index in [1.54, 1.807) is 17.7 Å². The molecule has 0 aliphatic carbocycles. The lowest BCUT2D eigenvalue weighted by molar-refractivity contribution is 0.550. The van der Waals surface area contributed by atoms with Gasteiger partial charge in [-0.15, -0.1) is 5.10 Å². The van der Waals surface area contributed by atoms with E-state index < -0.39 is 0 Å². The van der Waals surface area contributed by atoms with E-state index in [1.807, 2.05) is 19.9 Å². The largest absolute Gasteiger partial charge is 0.409 e. The molecule has 5 nitrogen and oxygen atoms in total. The number of nitrogens with zero attached hydrogens (tertiary/aromatic N) is 2. The van der Waals surface area contributed by atoms with E-state index >= 15 is 0 Å². The van der Waals surface area contributed by atoms with Gasteiger partial charge in [0.05, 0.1) is 0 Å². The molecule has 0 bridgehead atoms. The summed E-state index contributed by atoms with van der Waals surface area (Å²) in [4.78, 5) is 12.3. The number of aromatic amines is 1. The Labute approximate surface area is 103 Å². The van der Waals surface area contributed by atoms with Crippen LogP contribution in [0.15, 0.2) is 21.3 Å². The van der Waals surface area contributed by atoms with Crippen molar-refractivity contribution < 1.29 is 4.42 Å².